The number of alkyl halides is 1. The van der Waals surface area contributed by atoms with Crippen LogP contribution in [0.3, 0.4) is 0 Å². The second-order valence-electron chi connectivity index (χ2n) is 11.6. The molecule has 0 amide bonds. The summed E-state index contributed by atoms with van der Waals surface area (Å²) >= 11 is 5.52. The van der Waals surface area contributed by atoms with Crippen molar-refractivity contribution in [3.8, 4) is 0 Å². The summed E-state index contributed by atoms with van der Waals surface area (Å²) in [5.41, 5.74) is 3.26. The van der Waals surface area contributed by atoms with Crippen LogP contribution in [-0.4, -0.2) is 49.7 Å². The topological polar surface area (TPSA) is 239 Å². The van der Waals surface area contributed by atoms with Gasteiger partial charge in [0.2, 0.25) is 0 Å². The van der Waals surface area contributed by atoms with Crippen molar-refractivity contribution in [3.05, 3.63) is 186 Å². The second kappa shape index (κ2) is 31.5. The number of aldehydes is 1. The zero-order valence-corrected chi connectivity index (χ0v) is 39.1. The minimum Gasteiger partial charge on any atom is -0.384 e. The maximum Gasteiger partial charge on any atom is 0.269 e. The summed E-state index contributed by atoms with van der Waals surface area (Å²) < 4.78 is 11.8. The summed E-state index contributed by atoms with van der Waals surface area (Å²) in [6.45, 7) is 13.6. The van der Waals surface area contributed by atoms with Crippen LogP contribution >= 0.6 is 19.6 Å². The maximum atomic E-state index is 11.8. The summed E-state index contributed by atoms with van der Waals surface area (Å²) in [6, 6.07) is 24.1. The van der Waals surface area contributed by atoms with E-state index >= 15 is 0 Å². The van der Waals surface area contributed by atoms with Gasteiger partial charge in [0.15, 0.2) is 0 Å². The number of halogens is 1. The summed E-state index contributed by atoms with van der Waals surface area (Å²) in [5, 5.41) is 53.5. The normalized spacial score (nSPS) is 11.8. The minimum absolute atomic E-state index is 0. The van der Waals surface area contributed by atoms with Crippen molar-refractivity contribution in [2.75, 3.05) is 18.6 Å². The molecule has 0 saturated carbocycles. The Morgan fingerprint density at radius 1 is 0.707 bits per heavy atom. The number of rotatable bonds is 16. The van der Waals surface area contributed by atoms with Gasteiger partial charge in [-0.25, -0.2) is 0 Å². The standard InChI is InChI=1S/C12H17ClN2O3P.C10H12NO2.C9H9NO3.C7H5NO3.2Y/c1-2-10(9-19(18)14-8-7-13)11-3-5-12(6-4-11)15(16)17;1-3-8(2)9-4-6-10(7-5-9)11(12)13;1-2-9(11)7-3-5-8(6-4-7)10(12)13;9-5-6-1-3-7(4-2-6)8(10)11;;/h3-6,10,19H,1-2,7-9H2,(H,14,18);4-8H,1,3H2,2H3;2-6,9,11H,1H2;1-5H;;/q2*-1;;;;. The van der Waals surface area contributed by atoms with E-state index in [9.17, 15) is 54.9 Å². The monoisotopic (exact) mass is 989 g/mol. The molecule has 4 atom stereocenters. The van der Waals surface area contributed by atoms with E-state index in [0.29, 0.717) is 48.3 Å². The first kappa shape index (κ1) is 56.6. The molecule has 0 bridgehead atoms. The quantitative estimate of drug-likeness (QED) is 0.0203. The largest absolute Gasteiger partial charge is 0.384 e. The van der Waals surface area contributed by atoms with E-state index in [4.69, 9.17) is 11.6 Å². The number of aliphatic hydroxyl groups is 1. The molecule has 0 spiro atoms. The van der Waals surface area contributed by atoms with Crippen LogP contribution in [0.1, 0.15) is 64.8 Å². The van der Waals surface area contributed by atoms with Crippen LogP contribution in [0.5, 0.6) is 0 Å². The molecule has 4 unspecified atom stereocenters. The van der Waals surface area contributed by atoms with E-state index in [0.717, 1.165) is 17.5 Å². The first-order valence-electron chi connectivity index (χ1n) is 16.8. The molecule has 0 aromatic heterocycles. The third kappa shape index (κ3) is 21.5. The molecule has 0 aliphatic heterocycles. The van der Waals surface area contributed by atoms with Crippen molar-refractivity contribution in [1.29, 1.82) is 0 Å². The first-order chi connectivity index (χ1) is 26.6. The molecule has 20 heteroatoms. The smallest absolute Gasteiger partial charge is 0.269 e. The number of aliphatic hydroxyl groups excluding tert-OH is 1. The van der Waals surface area contributed by atoms with Gasteiger partial charge in [-0.05, 0) is 52.8 Å². The van der Waals surface area contributed by atoms with E-state index in [1.54, 1.807) is 24.3 Å². The predicted octanol–water partition coefficient (Wildman–Crippen LogP) is 9.34. The Labute approximate surface area is 392 Å². The Hall–Kier alpha value is -3.46. The number of carbonyl (C=O) groups is 1. The number of nitro benzene ring substituents is 4. The van der Waals surface area contributed by atoms with Gasteiger partial charge in [-0.2, -0.15) is 12.8 Å². The molecule has 0 aliphatic carbocycles. The van der Waals surface area contributed by atoms with E-state index in [-0.39, 0.29) is 94.1 Å². The van der Waals surface area contributed by atoms with Crippen LogP contribution in [0.25, 0.3) is 0 Å². The van der Waals surface area contributed by atoms with Crippen LogP contribution in [0.15, 0.2) is 110 Å². The van der Waals surface area contributed by atoms with E-state index in [1.165, 1.54) is 78.9 Å². The van der Waals surface area contributed by atoms with Gasteiger partial charge >= 0.3 is 0 Å². The van der Waals surface area contributed by atoms with Crippen LogP contribution in [0, 0.1) is 54.3 Å². The number of nitrogens with one attached hydrogen (secondary N) is 1. The van der Waals surface area contributed by atoms with Crippen molar-refractivity contribution in [3.63, 3.8) is 0 Å². The van der Waals surface area contributed by atoms with Gasteiger partial charge in [-0.1, -0.05) is 37.3 Å². The van der Waals surface area contributed by atoms with Gasteiger partial charge < -0.3 is 23.5 Å². The van der Waals surface area contributed by atoms with Gasteiger partial charge in [-0.15, -0.1) is 18.2 Å². The van der Waals surface area contributed by atoms with Crippen LogP contribution in [0.4, 0.5) is 22.7 Å². The average Bonchev–Trinajstić information content (AvgIpc) is 3.22. The zero-order chi connectivity index (χ0) is 42.2. The van der Waals surface area contributed by atoms with Gasteiger partial charge in [0.05, 0.1) is 25.8 Å². The van der Waals surface area contributed by atoms with Crippen molar-refractivity contribution >= 4 is 48.6 Å². The SMILES string of the molecule is C=CC(O)c1ccc([N+](=O)[O-])cc1.O=Cc1ccc([N+](=O)[O-])cc1.[CH2-]CC(C)c1ccc([N+](=O)[O-])cc1.[CH2-]CC(C[PH](=O)NCCCl)c1ccc([N+](=O)[O-])cc1.[Y].[Y]. The van der Waals surface area contributed by atoms with Crippen molar-refractivity contribution in [2.45, 2.75) is 37.7 Å². The number of hydrogen-bond donors (Lipinski definition) is 2. The van der Waals surface area contributed by atoms with Gasteiger partial charge in [0, 0.05) is 138 Å². The molecule has 0 fully saturated rings. The van der Waals surface area contributed by atoms with Gasteiger partial charge in [-0.3, -0.25) is 50.3 Å². The fourth-order valence-electron chi connectivity index (χ4n) is 4.43. The average molecular weight is 990 g/mol. The molecule has 306 valence electrons. The van der Waals surface area contributed by atoms with Crippen molar-refractivity contribution in [1.82, 2.24) is 5.09 Å². The Morgan fingerprint density at radius 2 is 1.07 bits per heavy atom. The predicted molar refractivity (Wildman–Crippen MR) is 217 cm³/mol. The minimum atomic E-state index is -1.89. The number of nitro groups is 4. The molecular formula is C38H43ClN5O11PY2-2. The molecule has 16 nitrogen and oxygen atoms in total. The molecule has 0 aliphatic rings. The fourth-order valence-corrected chi connectivity index (χ4v) is 6.12. The van der Waals surface area contributed by atoms with Crippen molar-refractivity contribution in [2.24, 2.45) is 0 Å². The van der Waals surface area contributed by atoms with Gasteiger partial charge in [0.25, 0.3) is 22.7 Å². The second-order valence-corrected chi connectivity index (χ2v) is 13.6. The number of benzene rings is 4. The number of carbonyl (C=O) groups excluding carboxylic acids is 1. The molecular weight excluding hydrogens is 947 g/mol. The maximum absolute atomic E-state index is 11.8. The molecule has 4 aromatic carbocycles. The molecule has 2 N–H and O–H groups in total. The summed E-state index contributed by atoms with van der Waals surface area (Å²) in [6.07, 6.45) is 3.13. The van der Waals surface area contributed by atoms with Crippen LogP contribution in [-0.2, 0) is 70.0 Å². The summed E-state index contributed by atoms with van der Waals surface area (Å²) in [5.74, 6) is 0.819. The third-order valence-corrected chi connectivity index (χ3v) is 9.48. The number of hydrogen-bond acceptors (Lipinski definition) is 11. The molecule has 2 radical (unpaired) electrons. The third-order valence-electron chi connectivity index (χ3n) is 7.79. The van der Waals surface area contributed by atoms with Crippen LogP contribution in [0.2, 0.25) is 0 Å². The van der Waals surface area contributed by atoms with Crippen molar-refractivity contribution < 1.29 is 99.6 Å². The zero-order valence-electron chi connectivity index (χ0n) is 31.6. The molecule has 0 saturated heterocycles. The van der Waals surface area contributed by atoms with E-state index < -0.39 is 33.7 Å². The van der Waals surface area contributed by atoms with E-state index in [2.05, 4.69) is 25.5 Å². The number of non-ortho nitro benzene ring substituents is 4. The Balaban J connectivity index is 0. The summed E-state index contributed by atoms with van der Waals surface area (Å²) in [7, 11) is -1.89. The molecule has 58 heavy (non-hydrogen) atoms. The van der Waals surface area contributed by atoms with E-state index in [1.807, 2.05) is 6.92 Å². The molecule has 4 aromatic rings. The number of nitrogens with zero attached hydrogens (tertiary/aromatic N) is 4. The Kier molecular flexibility index (Phi) is 30.7. The Morgan fingerprint density at radius 3 is 1.38 bits per heavy atom. The molecule has 0 heterocycles. The van der Waals surface area contributed by atoms with Gasteiger partial charge in [0.1, 0.15) is 14.2 Å². The Bertz CT molecular complexity index is 1890. The van der Waals surface area contributed by atoms with Crippen LogP contribution < -0.4 is 5.09 Å². The molecule has 4 rings (SSSR count). The fraction of sp³-hybridized carbons (Fsp3) is 0.237. The summed E-state index contributed by atoms with van der Waals surface area (Å²) in [4.78, 5) is 49.6. The first-order valence-corrected chi connectivity index (χ1v) is 18.9.